The predicted octanol–water partition coefficient (Wildman–Crippen LogP) is -0.751. The zero-order chi connectivity index (χ0) is 10.9. The van der Waals surface area contributed by atoms with Gasteiger partial charge in [-0.05, 0) is 0 Å². The molecule has 0 bridgehead atoms. The van der Waals surface area contributed by atoms with E-state index in [2.05, 4.69) is 10.1 Å². The lowest BCUT2D eigenvalue weighted by Crippen LogP contribution is -2.48. The first-order valence-electron chi connectivity index (χ1n) is 2.89. The van der Waals surface area contributed by atoms with Crippen LogP contribution in [0.3, 0.4) is 0 Å². The summed E-state index contributed by atoms with van der Waals surface area (Å²) in [6.07, 6.45) is 0. The van der Waals surface area contributed by atoms with E-state index in [1.54, 1.807) is 0 Å². The minimum atomic E-state index is -1.30. The molecule has 74 valence electrons. The molecule has 1 aromatic rings. The van der Waals surface area contributed by atoms with Crippen molar-refractivity contribution in [3.63, 3.8) is 0 Å². The monoisotopic (exact) mass is 238 g/mol. The molecule has 11 heteroatoms. The summed E-state index contributed by atoms with van der Waals surface area (Å²) in [5, 5.41) is 2.69. The molecule has 0 N–H and O–H groups in total. The van der Waals surface area contributed by atoms with Gasteiger partial charge in [-0.3, -0.25) is 0 Å². The number of rotatable bonds is 1. The van der Waals surface area contributed by atoms with Gasteiger partial charge in [0.25, 0.3) is 0 Å². The molecule has 0 aliphatic rings. The molecule has 0 aliphatic heterocycles. The molecule has 1 heterocycles. The predicted molar refractivity (Wildman–Crippen MR) is 46.3 cm³/mol. The summed E-state index contributed by atoms with van der Waals surface area (Å²) in [6, 6.07) is 0. The van der Waals surface area contributed by atoms with E-state index in [9.17, 15) is 14.4 Å². The van der Waals surface area contributed by atoms with Crippen LogP contribution in [-0.2, 0) is 0 Å². The van der Waals surface area contributed by atoms with Crippen LogP contribution in [0.15, 0.2) is 19.6 Å². The summed E-state index contributed by atoms with van der Waals surface area (Å²) in [6.45, 7) is 0. The Labute approximate surface area is 84.1 Å². The maximum absolute atomic E-state index is 11.0. The van der Waals surface area contributed by atoms with E-state index < -0.39 is 17.1 Å². The van der Waals surface area contributed by atoms with Gasteiger partial charge in [-0.2, -0.15) is 4.91 Å². The minimum absolute atomic E-state index is 0.00139. The standard InChI is InChI=1S/C3Cl2N6O3/c4-9-1(12)10(5)3(14)11(2(9)13)8-7-6. The summed E-state index contributed by atoms with van der Waals surface area (Å²) in [7, 11) is 0. The molecule has 0 amide bonds. The van der Waals surface area contributed by atoms with Gasteiger partial charge in [0.15, 0.2) is 0 Å². The van der Waals surface area contributed by atoms with Gasteiger partial charge in [0, 0.05) is 28.8 Å². The molecule has 0 fully saturated rings. The van der Waals surface area contributed by atoms with Crippen molar-refractivity contribution in [1.29, 1.82) is 0 Å². The van der Waals surface area contributed by atoms with Crippen LogP contribution in [0.4, 0.5) is 0 Å². The highest BCUT2D eigenvalue weighted by atomic mass is 35.5. The Kier molecular flexibility index (Phi) is 2.65. The summed E-state index contributed by atoms with van der Waals surface area (Å²) < 4.78 is 0.00750. The second kappa shape index (κ2) is 3.58. The first-order chi connectivity index (χ1) is 6.50. The van der Waals surface area contributed by atoms with E-state index >= 15 is 0 Å². The summed E-state index contributed by atoms with van der Waals surface area (Å²) in [5.74, 6) is 0. The molecule has 0 unspecified atom stereocenters. The first kappa shape index (κ1) is 10.4. The molecule has 1 aromatic heterocycles. The third kappa shape index (κ3) is 1.39. The third-order valence-corrected chi connectivity index (χ3v) is 1.74. The van der Waals surface area contributed by atoms with E-state index in [0.717, 1.165) is 0 Å². The Balaban J connectivity index is 3.98. The molecule has 0 aliphatic carbocycles. The number of hydrogen-bond donors (Lipinski definition) is 0. The minimum Gasteiger partial charge on any atom is -0.244 e. The van der Waals surface area contributed by atoms with Crippen LogP contribution in [0.5, 0.6) is 0 Å². The fourth-order valence-corrected chi connectivity index (χ4v) is 0.938. The van der Waals surface area contributed by atoms with Gasteiger partial charge in [-0.1, -0.05) is 4.68 Å². The van der Waals surface area contributed by atoms with Crippen molar-refractivity contribution in [2.45, 2.75) is 0 Å². The number of halogens is 2. The Morgan fingerprint density at radius 2 is 1.50 bits per heavy atom. The lowest BCUT2D eigenvalue weighted by molar-refractivity contribution is 0.646. The van der Waals surface area contributed by atoms with Crippen LogP contribution in [0.25, 0.3) is 10.4 Å². The third-order valence-electron chi connectivity index (χ3n) is 1.16. The van der Waals surface area contributed by atoms with Crippen molar-refractivity contribution in [3.05, 3.63) is 41.9 Å². The summed E-state index contributed by atoms with van der Waals surface area (Å²) in [4.78, 5) is 35.1. The van der Waals surface area contributed by atoms with E-state index in [-0.39, 0.29) is 12.8 Å². The van der Waals surface area contributed by atoms with Crippen LogP contribution in [-0.4, -0.2) is 12.8 Å². The van der Waals surface area contributed by atoms with Gasteiger partial charge in [-0.15, -0.1) is 13.7 Å². The Morgan fingerprint density at radius 3 is 1.86 bits per heavy atom. The molecule has 0 aromatic carbocycles. The van der Waals surface area contributed by atoms with Crippen LogP contribution in [0.2, 0.25) is 0 Å². The van der Waals surface area contributed by atoms with Crippen LogP contribution in [0.1, 0.15) is 0 Å². The highest BCUT2D eigenvalue weighted by molar-refractivity contribution is 6.17. The smallest absolute Gasteiger partial charge is 0.244 e. The highest BCUT2D eigenvalue weighted by Crippen LogP contribution is 1.77. The first-order valence-corrected chi connectivity index (χ1v) is 3.57. The molecule has 0 radical (unpaired) electrons. The molecule has 0 atom stereocenters. The molecule has 14 heavy (non-hydrogen) atoms. The molecule has 9 nitrogen and oxygen atoms in total. The Bertz CT molecular complexity index is 548. The van der Waals surface area contributed by atoms with Crippen molar-refractivity contribution in [2.75, 3.05) is 0 Å². The molecule has 0 saturated heterocycles. The second-order valence-electron chi connectivity index (χ2n) is 1.90. The number of aromatic nitrogens is 3. The lowest BCUT2D eigenvalue weighted by Gasteiger charge is -1.94. The Morgan fingerprint density at radius 1 is 1.07 bits per heavy atom. The molecular formula is C3Cl2N6O3. The second-order valence-corrected chi connectivity index (χ2v) is 2.58. The van der Waals surface area contributed by atoms with Crippen molar-refractivity contribution in [1.82, 2.24) is 12.8 Å². The molecule has 1 rings (SSSR count). The quantitative estimate of drug-likeness (QED) is 0.364. The van der Waals surface area contributed by atoms with Crippen LogP contribution in [0, 0.1) is 0 Å². The summed E-state index contributed by atoms with van der Waals surface area (Å²) in [5.41, 5.74) is 4.16. The van der Waals surface area contributed by atoms with Gasteiger partial charge in [-0.25, -0.2) is 14.4 Å². The van der Waals surface area contributed by atoms with Crippen molar-refractivity contribution in [2.24, 2.45) is 5.22 Å². The number of nitrogens with zero attached hydrogens (tertiary/aromatic N) is 6. The van der Waals surface area contributed by atoms with Gasteiger partial charge >= 0.3 is 17.1 Å². The number of hydrogen-bond acceptors (Lipinski definition) is 4. The average molecular weight is 239 g/mol. The van der Waals surface area contributed by atoms with Crippen LogP contribution < -0.4 is 17.1 Å². The molecular weight excluding hydrogens is 239 g/mol. The average Bonchev–Trinajstić information content (AvgIpc) is 2.19. The summed E-state index contributed by atoms with van der Waals surface area (Å²) >= 11 is 10.3. The van der Waals surface area contributed by atoms with Crippen molar-refractivity contribution in [3.8, 4) is 0 Å². The van der Waals surface area contributed by atoms with Gasteiger partial charge in [0.05, 0.1) is 0 Å². The maximum atomic E-state index is 11.0. The highest BCUT2D eigenvalue weighted by Gasteiger charge is 2.15. The van der Waals surface area contributed by atoms with E-state index in [1.165, 1.54) is 0 Å². The van der Waals surface area contributed by atoms with Crippen molar-refractivity contribution < 1.29 is 0 Å². The van der Waals surface area contributed by atoms with E-state index in [0.29, 0.717) is 0 Å². The topological polar surface area (TPSA) is 115 Å². The zero-order valence-electron chi connectivity index (χ0n) is 6.16. The molecule has 0 spiro atoms. The van der Waals surface area contributed by atoms with Gasteiger partial charge in [0.2, 0.25) is 0 Å². The van der Waals surface area contributed by atoms with Gasteiger partial charge < -0.3 is 0 Å². The van der Waals surface area contributed by atoms with E-state index in [1.807, 2.05) is 0 Å². The molecule has 0 saturated carbocycles. The fraction of sp³-hybridized carbons (Fsp3) is 0. The van der Waals surface area contributed by atoms with Crippen LogP contribution >= 0.6 is 23.6 Å². The largest absolute Gasteiger partial charge is 0.447 e. The fourth-order valence-electron chi connectivity index (χ4n) is 0.605. The Hall–Kier alpha value is -1.70. The zero-order valence-corrected chi connectivity index (χ0v) is 7.68. The lowest BCUT2D eigenvalue weighted by atomic mass is 11.0. The normalized spacial score (nSPS) is 9.57. The maximum Gasteiger partial charge on any atom is 0.447 e. The number of azide groups is 1. The van der Waals surface area contributed by atoms with Gasteiger partial charge in [0.1, 0.15) is 0 Å². The SMILES string of the molecule is [N-]=[N+]=Nn1c(=O)n(Cl)c(=O)n(Cl)c1=O. The van der Waals surface area contributed by atoms with E-state index in [4.69, 9.17) is 29.1 Å². The van der Waals surface area contributed by atoms with Crippen molar-refractivity contribution >= 4 is 23.6 Å².